The Morgan fingerprint density at radius 1 is 1.19 bits per heavy atom. The van der Waals surface area contributed by atoms with Gasteiger partial charge in [-0.2, -0.15) is 0 Å². The maximum atomic E-state index is 12.1. The Labute approximate surface area is 126 Å². The van der Waals surface area contributed by atoms with Gasteiger partial charge < -0.3 is 10.6 Å². The molecule has 0 saturated heterocycles. The van der Waals surface area contributed by atoms with Crippen LogP contribution in [-0.2, 0) is 16.0 Å². The fraction of sp³-hybridized carbons (Fsp3) is 0.529. The van der Waals surface area contributed by atoms with Crippen LogP contribution in [0.3, 0.4) is 0 Å². The number of anilines is 1. The van der Waals surface area contributed by atoms with Crippen LogP contribution in [0.4, 0.5) is 5.69 Å². The summed E-state index contributed by atoms with van der Waals surface area (Å²) in [4.78, 5) is 23.0. The SMILES string of the molecule is CC(=O)Nc1ccc(CC(=O)NC2CCCC(C)C2)cc1. The highest BCUT2D eigenvalue weighted by Crippen LogP contribution is 2.23. The van der Waals surface area contributed by atoms with Crippen LogP contribution in [0.25, 0.3) is 0 Å². The number of nitrogens with one attached hydrogen (secondary N) is 2. The van der Waals surface area contributed by atoms with Gasteiger partial charge in [-0.05, 0) is 36.5 Å². The van der Waals surface area contributed by atoms with Crippen LogP contribution in [-0.4, -0.2) is 17.9 Å². The fourth-order valence-electron chi connectivity index (χ4n) is 2.94. The lowest BCUT2D eigenvalue weighted by Crippen LogP contribution is -2.38. The van der Waals surface area contributed by atoms with Crippen molar-refractivity contribution < 1.29 is 9.59 Å². The highest BCUT2D eigenvalue weighted by atomic mass is 16.2. The molecule has 1 aromatic carbocycles. The standard InChI is InChI=1S/C17H24N2O2/c1-12-4-3-5-16(10-12)19-17(21)11-14-6-8-15(9-7-14)18-13(2)20/h6-9,12,16H,3-5,10-11H2,1-2H3,(H,18,20)(H,19,21). The molecule has 1 aliphatic rings. The van der Waals surface area contributed by atoms with Crippen molar-refractivity contribution in [3.05, 3.63) is 29.8 Å². The Kier molecular flexibility index (Phi) is 5.37. The van der Waals surface area contributed by atoms with Gasteiger partial charge in [-0.15, -0.1) is 0 Å². The number of hydrogen-bond donors (Lipinski definition) is 2. The Morgan fingerprint density at radius 3 is 2.52 bits per heavy atom. The topological polar surface area (TPSA) is 58.2 Å². The lowest BCUT2D eigenvalue weighted by Gasteiger charge is -2.27. The predicted octanol–water partition coefficient (Wildman–Crippen LogP) is 2.88. The van der Waals surface area contributed by atoms with Crippen LogP contribution < -0.4 is 10.6 Å². The number of rotatable bonds is 4. The molecule has 2 amide bonds. The van der Waals surface area contributed by atoms with Gasteiger partial charge in [0.25, 0.3) is 0 Å². The highest BCUT2D eigenvalue weighted by molar-refractivity contribution is 5.88. The molecule has 0 aliphatic heterocycles. The minimum atomic E-state index is -0.0908. The van der Waals surface area contributed by atoms with E-state index in [0.29, 0.717) is 18.4 Å². The Morgan fingerprint density at radius 2 is 1.90 bits per heavy atom. The summed E-state index contributed by atoms with van der Waals surface area (Å²) in [6.45, 7) is 3.73. The van der Waals surface area contributed by atoms with E-state index in [1.807, 2.05) is 24.3 Å². The molecule has 0 bridgehead atoms. The molecule has 4 nitrogen and oxygen atoms in total. The first kappa shape index (κ1) is 15.5. The van der Waals surface area contributed by atoms with Gasteiger partial charge in [0.1, 0.15) is 0 Å². The third-order valence-corrected chi connectivity index (χ3v) is 3.94. The van der Waals surface area contributed by atoms with Crippen LogP contribution in [0.2, 0.25) is 0 Å². The minimum absolute atomic E-state index is 0.0846. The number of amides is 2. The summed E-state index contributed by atoms with van der Waals surface area (Å²) in [5, 5.41) is 5.85. The summed E-state index contributed by atoms with van der Waals surface area (Å²) >= 11 is 0. The number of carbonyl (C=O) groups excluding carboxylic acids is 2. The molecule has 0 spiro atoms. The summed E-state index contributed by atoms with van der Waals surface area (Å²) < 4.78 is 0. The van der Waals surface area contributed by atoms with Crippen LogP contribution in [0, 0.1) is 5.92 Å². The van der Waals surface area contributed by atoms with E-state index < -0.39 is 0 Å². The van der Waals surface area contributed by atoms with E-state index in [9.17, 15) is 9.59 Å². The highest BCUT2D eigenvalue weighted by Gasteiger charge is 2.20. The molecule has 1 aliphatic carbocycles. The molecular weight excluding hydrogens is 264 g/mol. The molecule has 4 heteroatoms. The van der Waals surface area contributed by atoms with Gasteiger partial charge in [0.15, 0.2) is 0 Å². The van der Waals surface area contributed by atoms with Crippen molar-refractivity contribution in [2.45, 2.75) is 52.0 Å². The van der Waals surface area contributed by atoms with E-state index in [1.165, 1.54) is 19.8 Å². The van der Waals surface area contributed by atoms with Crippen molar-refractivity contribution in [1.82, 2.24) is 5.32 Å². The third-order valence-electron chi connectivity index (χ3n) is 3.94. The van der Waals surface area contributed by atoms with Crippen molar-refractivity contribution in [2.24, 2.45) is 5.92 Å². The van der Waals surface area contributed by atoms with Crippen molar-refractivity contribution in [2.75, 3.05) is 5.32 Å². The molecule has 1 aromatic rings. The number of benzene rings is 1. The van der Waals surface area contributed by atoms with Gasteiger partial charge in [-0.3, -0.25) is 9.59 Å². The van der Waals surface area contributed by atoms with Crippen molar-refractivity contribution in [1.29, 1.82) is 0 Å². The second-order valence-corrected chi connectivity index (χ2v) is 6.09. The Balaban J connectivity index is 1.83. The molecular formula is C17H24N2O2. The van der Waals surface area contributed by atoms with Crippen molar-refractivity contribution >= 4 is 17.5 Å². The lowest BCUT2D eigenvalue weighted by atomic mass is 9.87. The fourth-order valence-corrected chi connectivity index (χ4v) is 2.94. The van der Waals surface area contributed by atoms with Crippen LogP contribution in [0.5, 0.6) is 0 Å². The lowest BCUT2D eigenvalue weighted by molar-refractivity contribution is -0.121. The second-order valence-electron chi connectivity index (χ2n) is 6.09. The van der Waals surface area contributed by atoms with Crippen LogP contribution in [0.1, 0.15) is 45.1 Å². The maximum absolute atomic E-state index is 12.1. The van der Waals surface area contributed by atoms with Crippen molar-refractivity contribution in [3.63, 3.8) is 0 Å². The molecule has 0 heterocycles. The molecule has 2 unspecified atom stereocenters. The van der Waals surface area contributed by atoms with Gasteiger partial charge in [-0.25, -0.2) is 0 Å². The maximum Gasteiger partial charge on any atom is 0.224 e. The van der Waals surface area contributed by atoms with Crippen LogP contribution >= 0.6 is 0 Å². The molecule has 0 aromatic heterocycles. The summed E-state index contributed by atoms with van der Waals surface area (Å²) in [6, 6.07) is 7.75. The Hall–Kier alpha value is -1.84. The van der Waals surface area contributed by atoms with Gasteiger partial charge in [0.05, 0.1) is 6.42 Å². The molecule has 2 rings (SSSR count). The first-order valence-electron chi connectivity index (χ1n) is 7.69. The third kappa shape index (κ3) is 5.21. The van der Waals surface area contributed by atoms with Gasteiger partial charge >= 0.3 is 0 Å². The first-order chi connectivity index (χ1) is 10.0. The zero-order valence-electron chi connectivity index (χ0n) is 12.8. The molecule has 21 heavy (non-hydrogen) atoms. The van der Waals surface area contributed by atoms with E-state index in [4.69, 9.17) is 0 Å². The normalized spacial score (nSPS) is 21.6. The van der Waals surface area contributed by atoms with Gasteiger partial charge in [-0.1, -0.05) is 31.9 Å². The van der Waals surface area contributed by atoms with Crippen molar-refractivity contribution in [3.8, 4) is 0 Å². The van der Waals surface area contributed by atoms with Gasteiger partial charge in [0, 0.05) is 18.7 Å². The molecule has 114 valence electrons. The van der Waals surface area contributed by atoms with Gasteiger partial charge in [0.2, 0.25) is 11.8 Å². The smallest absolute Gasteiger partial charge is 0.224 e. The largest absolute Gasteiger partial charge is 0.353 e. The van der Waals surface area contributed by atoms with E-state index >= 15 is 0 Å². The average Bonchev–Trinajstić information content (AvgIpc) is 2.40. The number of carbonyl (C=O) groups is 2. The Bertz CT molecular complexity index is 496. The summed E-state index contributed by atoms with van der Waals surface area (Å²) in [5.41, 5.74) is 1.72. The zero-order chi connectivity index (χ0) is 15.2. The van der Waals surface area contributed by atoms with E-state index in [-0.39, 0.29) is 11.8 Å². The molecule has 2 N–H and O–H groups in total. The molecule has 1 fully saturated rings. The average molecular weight is 288 g/mol. The molecule has 1 saturated carbocycles. The monoisotopic (exact) mass is 288 g/mol. The first-order valence-corrected chi connectivity index (χ1v) is 7.69. The zero-order valence-corrected chi connectivity index (χ0v) is 12.8. The molecule has 0 radical (unpaired) electrons. The molecule has 2 atom stereocenters. The second kappa shape index (κ2) is 7.25. The van der Waals surface area contributed by atoms with Crippen LogP contribution in [0.15, 0.2) is 24.3 Å². The summed E-state index contributed by atoms with van der Waals surface area (Å²) in [6.07, 6.45) is 5.06. The van der Waals surface area contributed by atoms with E-state index in [1.54, 1.807) is 0 Å². The summed E-state index contributed by atoms with van der Waals surface area (Å²) in [5.74, 6) is 0.703. The quantitative estimate of drug-likeness (QED) is 0.895. The van der Waals surface area contributed by atoms with E-state index in [0.717, 1.165) is 24.1 Å². The predicted molar refractivity (Wildman–Crippen MR) is 84.0 cm³/mol. The number of hydrogen-bond acceptors (Lipinski definition) is 2. The summed E-state index contributed by atoms with van der Waals surface area (Å²) in [7, 11) is 0. The van der Waals surface area contributed by atoms with E-state index in [2.05, 4.69) is 17.6 Å². The minimum Gasteiger partial charge on any atom is -0.353 e.